The van der Waals surface area contributed by atoms with Crippen LogP contribution in [0.15, 0.2) is 65.8 Å². The van der Waals surface area contributed by atoms with E-state index in [1.54, 1.807) is 6.92 Å². The number of nitrogens with one attached hydrogen (secondary N) is 2. The van der Waals surface area contributed by atoms with Crippen LogP contribution in [0.1, 0.15) is 18.3 Å². The zero-order valence-electron chi connectivity index (χ0n) is 14.2. The molecule has 0 radical (unpaired) electrons. The van der Waals surface area contributed by atoms with Crippen molar-refractivity contribution in [2.45, 2.75) is 19.9 Å². The average Bonchev–Trinajstić information content (AvgIpc) is 2.62. The molecule has 2 N–H and O–H groups in total. The van der Waals surface area contributed by atoms with Crippen molar-refractivity contribution in [1.82, 2.24) is 10.4 Å². The summed E-state index contributed by atoms with van der Waals surface area (Å²) in [5.74, 6) is -0.211. The Bertz CT molecular complexity index is 915. The van der Waals surface area contributed by atoms with Crippen LogP contribution >= 0.6 is 0 Å². The average molecular weight is 332 g/mol. The van der Waals surface area contributed by atoms with Gasteiger partial charge in [0, 0.05) is 16.8 Å². The molecule has 5 heteroatoms. The zero-order chi connectivity index (χ0) is 17.6. The van der Waals surface area contributed by atoms with E-state index < -0.39 is 6.04 Å². The second-order valence-corrected chi connectivity index (χ2v) is 5.83. The predicted octanol–water partition coefficient (Wildman–Crippen LogP) is 3.49. The van der Waals surface area contributed by atoms with Gasteiger partial charge in [-0.2, -0.15) is 5.10 Å². The Morgan fingerprint density at radius 2 is 1.84 bits per heavy atom. The number of nitrogens with zero attached hydrogens (tertiary/aromatic N) is 2. The number of carbonyl (C=O) groups is 1. The largest absolute Gasteiger partial charge is 0.373 e. The van der Waals surface area contributed by atoms with Crippen LogP contribution < -0.4 is 10.7 Å². The lowest BCUT2D eigenvalue weighted by molar-refractivity contribution is -0.121. The van der Waals surface area contributed by atoms with Gasteiger partial charge in [-0.1, -0.05) is 42.5 Å². The van der Waals surface area contributed by atoms with E-state index in [2.05, 4.69) is 20.8 Å². The van der Waals surface area contributed by atoms with Gasteiger partial charge in [-0.25, -0.2) is 5.43 Å². The summed E-state index contributed by atoms with van der Waals surface area (Å²) >= 11 is 0. The van der Waals surface area contributed by atoms with Crippen LogP contribution in [0.3, 0.4) is 0 Å². The van der Waals surface area contributed by atoms with Crippen molar-refractivity contribution < 1.29 is 4.79 Å². The number of hydrogen-bond donors (Lipinski definition) is 2. The third-order valence-corrected chi connectivity index (χ3v) is 3.84. The van der Waals surface area contributed by atoms with Gasteiger partial charge in [0.05, 0.1) is 11.9 Å². The predicted molar refractivity (Wildman–Crippen MR) is 102 cm³/mol. The van der Waals surface area contributed by atoms with E-state index >= 15 is 0 Å². The molecule has 0 aliphatic rings. The Balaban J connectivity index is 1.64. The number of aromatic nitrogens is 1. The Morgan fingerprint density at radius 3 is 2.68 bits per heavy atom. The molecule has 0 aliphatic heterocycles. The van der Waals surface area contributed by atoms with E-state index in [4.69, 9.17) is 0 Å². The highest BCUT2D eigenvalue weighted by molar-refractivity contribution is 5.96. The zero-order valence-corrected chi connectivity index (χ0v) is 14.2. The van der Waals surface area contributed by atoms with Crippen molar-refractivity contribution >= 4 is 28.6 Å². The molecule has 0 spiro atoms. The first-order valence-electron chi connectivity index (χ1n) is 8.14. The van der Waals surface area contributed by atoms with Gasteiger partial charge in [0.2, 0.25) is 0 Å². The number of rotatable bonds is 5. The van der Waals surface area contributed by atoms with Crippen LogP contribution in [0.4, 0.5) is 5.69 Å². The number of pyridine rings is 1. The number of amides is 1. The van der Waals surface area contributed by atoms with Gasteiger partial charge >= 0.3 is 0 Å². The minimum atomic E-state index is -0.423. The first kappa shape index (κ1) is 16.6. The minimum Gasteiger partial charge on any atom is -0.373 e. The van der Waals surface area contributed by atoms with Crippen molar-refractivity contribution in [2.75, 3.05) is 5.32 Å². The molecule has 25 heavy (non-hydrogen) atoms. The van der Waals surface area contributed by atoms with E-state index in [-0.39, 0.29) is 5.91 Å². The maximum atomic E-state index is 12.2. The van der Waals surface area contributed by atoms with Crippen molar-refractivity contribution in [1.29, 1.82) is 0 Å². The van der Waals surface area contributed by atoms with E-state index in [1.165, 1.54) is 6.21 Å². The van der Waals surface area contributed by atoms with E-state index in [0.29, 0.717) is 5.69 Å². The molecule has 0 bridgehead atoms. The van der Waals surface area contributed by atoms with Crippen molar-refractivity contribution in [3.05, 3.63) is 72.1 Å². The summed E-state index contributed by atoms with van der Waals surface area (Å²) < 4.78 is 0. The molecule has 2 aromatic carbocycles. The number of benzene rings is 2. The van der Waals surface area contributed by atoms with Crippen LogP contribution in [-0.2, 0) is 4.79 Å². The maximum absolute atomic E-state index is 12.2. The number of anilines is 1. The summed E-state index contributed by atoms with van der Waals surface area (Å²) in [6, 6.07) is 19.3. The number of fused-ring (bicyclic) bond motifs is 1. The highest BCUT2D eigenvalue weighted by Gasteiger charge is 2.12. The summed E-state index contributed by atoms with van der Waals surface area (Å²) in [4.78, 5) is 16.5. The SMILES string of the molecule is Cc1cccc(/C=N\NC(=O)[C@@H](C)Nc2cccc3ccccc23)n1. The number of aryl methyl sites for hydroxylation is 1. The minimum absolute atomic E-state index is 0.211. The summed E-state index contributed by atoms with van der Waals surface area (Å²) in [7, 11) is 0. The Labute approximate surface area is 146 Å². The fourth-order valence-electron chi connectivity index (χ4n) is 2.54. The lowest BCUT2D eigenvalue weighted by atomic mass is 10.1. The van der Waals surface area contributed by atoms with Gasteiger partial charge in [0.15, 0.2) is 0 Å². The molecular weight excluding hydrogens is 312 g/mol. The molecule has 1 aromatic heterocycles. The highest BCUT2D eigenvalue weighted by atomic mass is 16.2. The Hall–Kier alpha value is -3.21. The summed E-state index contributed by atoms with van der Waals surface area (Å²) in [5.41, 5.74) is 5.08. The lowest BCUT2D eigenvalue weighted by Crippen LogP contribution is -2.35. The second-order valence-electron chi connectivity index (χ2n) is 5.83. The summed E-state index contributed by atoms with van der Waals surface area (Å²) in [6.07, 6.45) is 1.54. The van der Waals surface area contributed by atoms with Crippen LogP contribution in [0, 0.1) is 6.92 Å². The van der Waals surface area contributed by atoms with Gasteiger partial charge in [0.25, 0.3) is 5.91 Å². The summed E-state index contributed by atoms with van der Waals surface area (Å²) in [5, 5.41) is 9.43. The topological polar surface area (TPSA) is 66.4 Å². The van der Waals surface area contributed by atoms with Gasteiger partial charge < -0.3 is 5.32 Å². The highest BCUT2D eigenvalue weighted by Crippen LogP contribution is 2.23. The van der Waals surface area contributed by atoms with Crippen LogP contribution in [-0.4, -0.2) is 23.1 Å². The molecule has 0 saturated heterocycles. The lowest BCUT2D eigenvalue weighted by Gasteiger charge is -2.15. The van der Waals surface area contributed by atoms with Gasteiger partial charge in [0.1, 0.15) is 6.04 Å². The van der Waals surface area contributed by atoms with Crippen LogP contribution in [0.25, 0.3) is 10.8 Å². The van der Waals surface area contributed by atoms with Gasteiger partial charge in [-0.05, 0) is 37.4 Å². The molecule has 3 rings (SSSR count). The first-order valence-corrected chi connectivity index (χ1v) is 8.14. The molecule has 126 valence electrons. The molecule has 0 unspecified atom stereocenters. The first-order chi connectivity index (χ1) is 12.1. The number of carbonyl (C=O) groups excluding carboxylic acids is 1. The third kappa shape index (κ3) is 4.20. The van der Waals surface area contributed by atoms with E-state index in [9.17, 15) is 4.79 Å². The van der Waals surface area contributed by atoms with E-state index in [1.807, 2.05) is 67.6 Å². The Kier molecular flexibility index (Phi) is 5.04. The molecule has 0 fully saturated rings. The maximum Gasteiger partial charge on any atom is 0.262 e. The fraction of sp³-hybridized carbons (Fsp3) is 0.150. The molecule has 5 nitrogen and oxygen atoms in total. The molecule has 3 aromatic rings. The molecular formula is C20H20N4O. The molecule has 1 atom stereocenters. The molecule has 0 aliphatic carbocycles. The van der Waals surface area contributed by atoms with Gasteiger partial charge in [-0.3, -0.25) is 9.78 Å². The normalized spacial score (nSPS) is 12.2. The molecule has 0 saturated carbocycles. The number of hydrazone groups is 1. The summed E-state index contributed by atoms with van der Waals surface area (Å²) in [6.45, 7) is 3.71. The second kappa shape index (κ2) is 7.57. The van der Waals surface area contributed by atoms with Crippen LogP contribution in [0.5, 0.6) is 0 Å². The standard InChI is InChI=1S/C20H20N4O/c1-14-7-5-10-17(22-14)13-21-24-20(25)15(2)23-19-12-6-9-16-8-3-4-11-18(16)19/h3-13,15,23H,1-2H3,(H,24,25)/b21-13-/t15-/m1/s1. The van der Waals surface area contributed by atoms with E-state index in [0.717, 1.165) is 22.2 Å². The van der Waals surface area contributed by atoms with Crippen LogP contribution in [0.2, 0.25) is 0 Å². The van der Waals surface area contributed by atoms with Crippen molar-refractivity contribution in [3.63, 3.8) is 0 Å². The van der Waals surface area contributed by atoms with Gasteiger partial charge in [-0.15, -0.1) is 0 Å². The Morgan fingerprint density at radius 1 is 1.08 bits per heavy atom. The monoisotopic (exact) mass is 332 g/mol. The van der Waals surface area contributed by atoms with Crippen molar-refractivity contribution in [3.8, 4) is 0 Å². The molecule has 1 heterocycles. The van der Waals surface area contributed by atoms with Crippen molar-refractivity contribution in [2.24, 2.45) is 5.10 Å². The quantitative estimate of drug-likeness (QED) is 0.555. The third-order valence-electron chi connectivity index (χ3n) is 3.84. The smallest absolute Gasteiger partial charge is 0.262 e. The number of hydrogen-bond acceptors (Lipinski definition) is 4. The fourth-order valence-corrected chi connectivity index (χ4v) is 2.54. The molecule has 1 amide bonds.